The smallest absolute Gasteiger partial charge is 0.234 e. The van der Waals surface area contributed by atoms with Gasteiger partial charge >= 0.3 is 0 Å². The molecule has 0 aromatic carbocycles. The number of hydrogen-bond acceptors (Lipinski definition) is 3. The molecule has 0 unspecified atom stereocenters. The zero-order valence-electron chi connectivity index (χ0n) is 10.5. The highest BCUT2D eigenvalue weighted by Crippen LogP contribution is 2.14. The molecule has 1 saturated heterocycles. The summed E-state index contributed by atoms with van der Waals surface area (Å²) in [6.45, 7) is 8.34. The van der Waals surface area contributed by atoms with Gasteiger partial charge in [0.15, 0.2) is 0 Å². The molecular formula is C12H25N3O. The van der Waals surface area contributed by atoms with Gasteiger partial charge in [0, 0.05) is 6.54 Å². The van der Waals surface area contributed by atoms with Gasteiger partial charge in [0.2, 0.25) is 5.91 Å². The summed E-state index contributed by atoms with van der Waals surface area (Å²) in [6.07, 6.45) is 2.27. The fourth-order valence-electron chi connectivity index (χ4n) is 1.96. The fourth-order valence-corrected chi connectivity index (χ4v) is 1.96. The van der Waals surface area contributed by atoms with E-state index in [9.17, 15) is 4.79 Å². The van der Waals surface area contributed by atoms with E-state index in [-0.39, 0.29) is 5.91 Å². The number of rotatable bonds is 5. The van der Waals surface area contributed by atoms with Crippen LogP contribution in [0.1, 0.15) is 26.7 Å². The molecule has 0 radical (unpaired) electrons. The fraction of sp³-hybridized carbons (Fsp3) is 0.917. The molecule has 3 N–H and O–H groups in total. The van der Waals surface area contributed by atoms with E-state index in [0.717, 1.165) is 39.0 Å². The van der Waals surface area contributed by atoms with Crippen molar-refractivity contribution in [2.24, 2.45) is 17.6 Å². The highest BCUT2D eigenvalue weighted by molar-refractivity contribution is 5.77. The molecule has 0 saturated carbocycles. The molecule has 16 heavy (non-hydrogen) atoms. The highest BCUT2D eigenvalue weighted by atomic mass is 16.2. The van der Waals surface area contributed by atoms with Crippen LogP contribution in [0.3, 0.4) is 0 Å². The molecular weight excluding hydrogens is 202 g/mol. The second-order valence-corrected chi connectivity index (χ2v) is 5.15. The van der Waals surface area contributed by atoms with Gasteiger partial charge in [0.05, 0.1) is 6.54 Å². The van der Waals surface area contributed by atoms with Crippen LogP contribution in [0, 0.1) is 11.8 Å². The predicted molar refractivity (Wildman–Crippen MR) is 66.1 cm³/mol. The van der Waals surface area contributed by atoms with Crippen molar-refractivity contribution < 1.29 is 4.79 Å². The third-order valence-electron chi connectivity index (χ3n) is 3.12. The summed E-state index contributed by atoms with van der Waals surface area (Å²) in [7, 11) is 0. The van der Waals surface area contributed by atoms with Crippen LogP contribution in [0.25, 0.3) is 0 Å². The van der Waals surface area contributed by atoms with Crippen molar-refractivity contribution in [3.63, 3.8) is 0 Å². The van der Waals surface area contributed by atoms with Gasteiger partial charge in [-0.15, -0.1) is 0 Å². The number of carbonyl (C=O) groups is 1. The lowest BCUT2D eigenvalue weighted by atomic mass is 9.97. The van der Waals surface area contributed by atoms with Crippen LogP contribution in [-0.4, -0.2) is 43.5 Å². The second kappa shape index (κ2) is 6.86. The summed E-state index contributed by atoms with van der Waals surface area (Å²) in [6, 6.07) is 0. The van der Waals surface area contributed by atoms with E-state index in [1.807, 2.05) is 0 Å². The number of hydrogen-bond donors (Lipinski definition) is 2. The van der Waals surface area contributed by atoms with E-state index in [4.69, 9.17) is 5.73 Å². The molecule has 4 nitrogen and oxygen atoms in total. The van der Waals surface area contributed by atoms with E-state index in [1.165, 1.54) is 0 Å². The lowest BCUT2D eigenvalue weighted by Crippen LogP contribution is -2.43. The van der Waals surface area contributed by atoms with Gasteiger partial charge in [-0.1, -0.05) is 13.8 Å². The Morgan fingerprint density at radius 3 is 2.56 bits per heavy atom. The Hall–Kier alpha value is -0.610. The molecule has 1 aliphatic rings. The number of carbonyl (C=O) groups excluding carboxylic acids is 1. The SMILES string of the molecule is CC(C)CNC(=O)CN1CCC(CN)CC1. The Morgan fingerprint density at radius 1 is 1.44 bits per heavy atom. The number of nitrogens with two attached hydrogens (primary N) is 1. The summed E-state index contributed by atoms with van der Waals surface area (Å²) in [4.78, 5) is 13.8. The highest BCUT2D eigenvalue weighted by Gasteiger charge is 2.19. The molecule has 0 spiro atoms. The monoisotopic (exact) mass is 227 g/mol. The summed E-state index contributed by atoms with van der Waals surface area (Å²) < 4.78 is 0. The second-order valence-electron chi connectivity index (χ2n) is 5.15. The average molecular weight is 227 g/mol. The van der Waals surface area contributed by atoms with E-state index in [2.05, 4.69) is 24.1 Å². The molecule has 0 atom stereocenters. The summed E-state index contributed by atoms with van der Waals surface area (Å²) >= 11 is 0. The molecule has 1 aliphatic heterocycles. The van der Waals surface area contributed by atoms with Gasteiger partial charge in [-0.05, 0) is 44.3 Å². The minimum Gasteiger partial charge on any atom is -0.355 e. The molecule has 1 amide bonds. The topological polar surface area (TPSA) is 58.4 Å². The standard InChI is InChI=1S/C12H25N3O/c1-10(2)8-14-12(16)9-15-5-3-11(7-13)4-6-15/h10-11H,3-9,13H2,1-2H3,(H,14,16). The minimum atomic E-state index is 0.153. The minimum absolute atomic E-state index is 0.153. The first-order valence-corrected chi connectivity index (χ1v) is 6.31. The largest absolute Gasteiger partial charge is 0.355 e. The molecule has 1 rings (SSSR count). The molecule has 0 bridgehead atoms. The third kappa shape index (κ3) is 4.94. The number of nitrogens with one attached hydrogen (secondary N) is 1. The van der Waals surface area contributed by atoms with Gasteiger partial charge < -0.3 is 11.1 Å². The average Bonchev–Trinajstić information content (AvgIpc) is 2.27. The van der Waals surface area contributed by atoms with E-state index in [1.54, 1.807) is 0 Å². The Kier molecular flexibility index (Phi) is 5.77. The van der Waals surface area contributed by atoms with Crippen LogP contribution >= 0.6 is 0 Å². The lowest BCUT2D eigenvalue weighted by Gasteiger charge is -2.30. The molecule has 0 aliphatic carbocycles. The van der Waals surface area contributed by atoms with Gasteiger partial charge in [-0.25, -0.2) is 0 Å². The summed E-state index contributed by atoms with van der Waals surface area (Å²) in [5, 5.41) is 2.95. The van der Waals surface area contributed by atoms with Crippen LogP contribution in [0.4, 0.5) is 0 Å². The van der Waals surface area contributed by atoms with Gasteiger partial charge in [0.25, 0.3) is 0 Å². The van der Waals surface area contributed by atoms with Crippen molar-refractivity contribution in [1.82, 2.24) is 10.2 Å². The molecule has 0 aromatic heterocycles. The van der Waals surface area contributed by atoms with Gasteiger partial charge in [-0.2, -0.15) is 0 Å². The van der Waals surface area contributed by atoms with Crippen molar-refractivity contribution >= 4 is 5.91 Å². The van der Waals surface area contributed by atoms with Crippen LogP contribution in [-0.2, 0) is 4.79 Å². The first kappa shape index (κ1) is 13.5. The Bertz CT molecular complexity index is 210. The van der Waals surface area contributed by atoms with Crippen LogP contribution < -0.4 is 11.1 Å². The van der Waals surface area contributed by atoms with Gasteiger partial charge in [0.1, 0.15) is 0 Å². The van der Waals surface area contributed by atoms with Crippen molar-refractivity contribution in [1.29, 1.82) is 0 Å². The van der Waals surface area contributed by atoms with Crippen LogP contribution in [0.5, 0.6) is 0 Å². The maximum Gasteiger partial charge on any atom is 0.234 e. The molecule has 4 heteroatoms. The zero-order valence-corrected chi connectivity index (χ0v) is 10.5. The maximum atomic E-state index is 11.6. The molecule has 94 valence electrons. The van der Waals surface area contributed by atoms with Crippen LogP contribution in [0.15, 0.2) is 0 Å². The predicted octanol–water partition coefficient (Wildman–Crippen LogP) is 0.429. The van der Waals surface area contributed by atoms with E-state index < -0.39 is 0 Å². The molecule has 1 heterocycles. The van der Waals surface area contributed by atoms with E-state index in [0.29, 0.717) is 18.4 Å². The number of piperidine rings is 1. The number of likely N-dealkylation sites (tertiary alicyclic amines) is 1. The number of amides is 1. The summed E-state index contributed by atoms with van der Waals surface area (Å²) in [5.74, 6) is 1.34. The third-order valence-corrected chi connectivity index (χ3v) is 3.12. The van der Waals surface area contributed by atoms with Gasteiger partial charge in [-0.3, -0.25) is 9.69 Å². The quantitative estimate of drug-likeness (QED) is 0.716. The zero-order chi connectivity index (χ0) is 12.0. The lowest BCUT2D eigenvalue weighted by molar-refractivity contribution is -0.122. The number of nitrogens with zero attached hydrogens (tertiary/aromatic N) is 1. The Labute approximate surface area is 98.6 Å². The maximum absolute atomic E-state index is 11.6. The molecule has 0 aromatic rings. The van der Waals surface area contributed by atoms with Crippen LogP contribution in [0.2, 0.25) is 0 Å². The molecule has 1 fully saturated rings. The summed E-state index contributed by atoms with van der Waals surface area (Å²) in [5.41, 5.74) is 5.63. The van der Waals surface area contributed by atoms with Crippen molar-refractivity contribution in [2.45, 2.75) is 26.7 Å². The Morgan fingerprint density at radius 2 is 2.06 bits per heavy atom. The van der Waals surface area contributed by atoms with Crippen molar-refractivity contribution in [3.8, 4) is 0 Å². The normalized spacial score (nSPS) is 19.0. The first-order valence-electron chi connectivity index (χ1n) is 6.31. The Balaban J connectivity index is 2.15. The van der Waals surface area contributed by atoms with E-state index >= 15 is 0 Å². The van der Waals surface area contributed by atoms with Crippen molar-refractivity contribution in [3.05, 3.63) is 0 Å². The first-order chi connectivity index (χ1) is 7.61. The van der Waals surface area contributed by atoms with Crippen molar-refractivity contribution in [2.75, 3.05) is 32.7 Å².